The number of pyridine rings is 2. The van der Waals surface area contributed by atoms with Crippen molar-refractivity contribution in [3.63, 3.8) is 0 Å². The van der Waals surface area contributed by atoms with Gasteiger partial charge in [-0.2, -0.15) is 21.9 Å². The first-order chi connectivity index (χ1) is 28.2. The summed E-state index contributed by atoms with van der Waals surface area (Å²) in [7, 11) is 0. The predicted molar refractivity (Wildman–Crippen MR) is 235 cm³/mol. The van der Waals surface area contributed by atoms with E-state index in [1.807, 2.05) is 36.4 Å². The Kier molecular flexibility index (Phi) is 19.1. The molecule has 0 radical (unpaired) electrons. The van der Waals surface area contributed by atoms with E-state index in [-0.39, 0.29) is 28.3 Å². The van der Waals surface area contributed by atoms with Gasteiger partial charge in [-0.3, -0.25) is 20.0 Å². The fourth-order valence-corrected chi connectivity index (χ4v) is 6.36. The summed E-state index contributed by atoms with van der Waals surface area (Å²) in [5, 5.41) is 22.8. The van der Waals surface area contributed by atoms with Crippen LogP contribution in [0.1, 0.15) is 11.1 Å². The maximum Gasteiger partial charge on any atom is 3.00 e. The second-order valence-electron chi connectivity index (χ2n) is 12.7. The average molecular weight is 803 g/mol. The molecule has 0 aliphatic heterocycles. The van der Waals surface area contributed by atoms with Crippen LogP contribution in [-0.4, -0.2) is 41.6 Å². The van der Waals surface area contributed by atoms with Gasteiger partial charge in [0.05, 0.1) is 13.1 Å². The van der Waals surface area contributed by atoms with Crippen LogP contribution >= 0.6 is 0 Å². The number of para-hydroxylation sites is 2. The molecule has 0 amide bonds. The molecule has 58 heavy (non-hydrogen) atoms. The molecule has 6 aromatic carbocycles. The van der Waals surface area contributed by atoms with E-state index in [0.717, 1.165) is 0 Å². The van der Waals surface area contributed by atoms with Gasteiger partial charge in [-0.05, 0) is 35.4 Å². The van der Waals surface area contributed by atoms with Crippen molar-refractivity contribution < 1.29 is 27.0 Å². The van der Waals surface area contributed by atoms with Crippen molar-refractivity contribution in [1.29, 1.82) is 0 Å². The van der Waals surface area contributed by atoms with Crippen molar-refractivity contribution in [3.05, 3.63) is 242 Å². The van der Waals surface area contributed by atoms with Crippen molar-refractivity contribution in [1.82, 2.24) is 9.97 Å². The first kappa shape index (κ1) is 43.9. The summed E-state index contributed by atoms with van der Waals surface area (Å²) < 4.78 is 0. The zero-order valence-electron chi connectivity index (χ0n) is 32.0. The Balaban J connectivity index is 0.000000199. The van der Waals surface area contributed by atoms with Gasteiger partial charge in [-0.15, -0.1) is 11.5 Å². The summed E-state index contributed by atoms with van der Waals surface area (Å²) in [5.74, 6) is -0.0833. The summed E-state index contributed by atoms with van der Waals surface area (Å²) >= 11 is 0. The van der Waals surface area contributed by atoms with E-state index in [1.54, 1.807) is 73.6 Å². The van der Waals surface area contributed by atoms with Gasteiger partial charge < -0.3 is 10.2 Å². The standard InChI is InChI=1S/C24H20B.C16H16N2O2.2C5H5N.Co/c1-5-13-21(14-6-1)25(22-15-7-2-8-16-22,23-17-9-3-10-18-23)24-19-11-4-12-20-24;19-15-7-3-1-5-13(15)11-17-9-10-18-12-14-6-2-4-8-16(14)20;2*1-2-4-6-5-3-1;/h1-20H;1-8,11-12,19-20H,9-10H2;2*1-5H;/q-1;;;;+3/p-2. The zero-order chi connectivity index (χ0) is 39.6. The smallest absolute Gasteiger partial charge is 0.872 e. The van der Waals surface area contributed by atoms with Crippen LogP contribution in [-0.2, 0) is 16.8 Å². The number of aromatic nitrogens is 2. The second kappa shape index (κ2) is 25.3. The normalized spacial score (nSPS) is 10.4. The molecule has 2 aromatic heterocycles. The Morgan fingerprint density at radius 2 is 0.621 bits per heavy atom. The maximum absolute atomic E-state index is 11.4. The molecule has 288 valence electrons. The van der Waals surface area contributed by atoms with Crippen molar-refractivity contribution in [2.75, 3.05) is 13.1 Å². The van der Waals surface area contributed by atoms with Crippen LogP contribution in [0.3, 0.4) is 0 Å². The molecule has 0 spiro atoms. The molecule has 6 nitrogen and oxygen atoms in total. The van der Waals surface area contributed by atoms with Crippen LogP contribution in [0.25, 0.3) is 0 Å². The van der Waals surface area contributed by atoms with Gasteiger partial charge in [0.2, 0.25) is 0 Å². The molecule has 0 aliphatic rings. The van der Waals surface area contributed by atoms with Crippen LogP contribution in [0.2, 0.25) is 0 Å². The molecule has 0 fully saturated rings. The third-order valence-electron chi connectivity index (χ3n) is 8.99. The van der Waals surface area contributed by atoms with E-state index in [9.17, 15) is 10.2 Å². The van der Waals surface area contributed by atoms with Gasteiger partial charge >= 0.3 is 16.8 Å². The number of rotatable bonds is 9. The number of hydrogen-bond acceptors (Lipinski definition) is 6. The largest absolute Gasteiger partial charge is 3.00 e. The van der Waals surface area contributed by atoms with E-state index >= 15 is 0 Å². The van der Waals surface area contributed by atoms with Crippen LogP contribution in [0.5, 0.6) is 11.5 Å². The molecule has 0 saturated carbocycles. The molecule has 8 heteroatoms. The number of hydrogen-bond donors (Lipinski definition) is 0. The molecular weight excluding hydrogens is 758 g/mol. The van der Waals surface area contributed by atoms with Crippen molar-refractivity contribution in [2.45, 2.75) is 0 Å². The third kappa shape index (κ3) is 13.4. The Morgan fingerprint density at radius 3 is 0.862 bits per heavy atom. The quantitative estimate of drug-likeness (QED) is 0.0935. The Morgan fingerprint density at radius 1 is 0.362 bits per heavy atom. The molecule has 0 unspecified atom stereocenters. The molecule has 0 saturated heterocycles. The van der Waals surface area contributed by atoms with E-state index in [2.05, 4.69) is 141 Å². The summed E-state index contributed by atoms with van der Waals surface area (Å²) in [5.41, 5.74) is 6.50. The van der Waals surface area contributed by atoms with Crippen LogP contribution < -0.4 is 32.1 Å². The minimum Gasteiger partial charge on any atom is -0.872 e. The van der Waals surface area contributed by atoms with Crippen molar-refractivity contribution in [3.8, 4) is 11.5 Å². The van der Waals surface area contributed by atoms with Gasteiger partial charge in [-0.1, -0.05) is 182 Å². The van der Waals surface area contributed by atoms with Crippen LogP contribution in [0, 0.1) is 0 Å². The van der Waals surface area contributed by atoms with Crippen molar-refractivity contribution in [2.24, 2.45) is 9.98 Å². The molecule has 0 N–H and O–H groups in total. The predicted octanol–water partition coefficient (Wildman–Crippen LogP) is 6.60. The summed E-state index contributed by atoms with van der Waals surface area (Å²) in [6.45, 7) is 0.956. The van der Waals surface area contributed by atoms with E-state index < -0.39 is 6.15 Å². The molecule has 2 heterocycles. The van der Waals surface area contributed by atoms with E-state index in [0.29, 0.717) is 24.2 Å². The summed E-state index contributed by atoms with van der Waals surface area (Å²) in [4.78, 5) is 15.8. The fraction of sp³-hybridized carbons (Fsp3) is 0.0400. The van der Waals surface area contributed by atoms with Crippen molar-refractivity contribution >= 4 is 40.4 Å². The molecule has 0 atom stereocenters. The molecule has 8 rings (SSSR count). The van der Waals surface area contributed by atoms with Gasteiger partial charge in [0, 0.05) is 37.2 Å². The molecule has 0 aliphatic carbocycles. The van der Waals surface area contributed by atoms with Gasteiger partial charge in [0.1, 0.15) is 6.15 Å². The van der Waals surface area contributed by atoms with E-state index in [4.69, 9.17) is 0 Å². The monoisotopic (exact) mass is 802 g/mol. The average Bonchev–Trinajstić information content (AvgIpc) is 3.30. The Labute approximate surface area is 352 Å². The number of benzene rings is 6. The molecule has 0 bridgehead atoms. The minimum absolute atomic E-state index is 0. The summed E-state index contributed by atoms with van der Waals surface area (Å²) in [6.07, 6.45) is 8.89. The topological polar surface area (TPSA) is 96.6 Å². The first-order valence-electron chi connectivity index (χ1n) is 18.8. The maximum atomic E-state index is 11.4. The molecular formula is C50H44BCoN4O2. The zero-order valence-corrected chi connectivity index (χ0v) is 33.1. The van der Waals surface area contributed by atoms with Gasteiger partial charge in [-0.25, -0.2) is 0 Å². The van der Waals surface area contributed by atoms with Crippen LogP contribution in [0.15, 0.2) is 241 Å². The number of aliphatic imine (C=N–C) groups is 2. The molecule has 8 aromatic rings. The fourth-order valence-electron chi connectivity index (χ4n) is 6.36. The Bertz CT molecular complexity index is 2020. The number of nitrogens with zero attached hydrogens (tertiary/aromatic N) is 4. The van der Waals surface area contributed by atoms with Gasteiger partial charge in [0.25, 0.3) is 0 Å². The summed E-state index contributed by atoms with van der Waals surface area (Å²) in [6, 6.07) is 68.4. The third-order valence-corrected chi connectivity index (χ3v) is 8.99. The van der Waals surface area contributed by atoms with Crippen LogP contribution in [0.4, 0.5) is 0 Å². The van der Waals surface area contributed by atoms with E-state index in [1.165, 1.54) is 34.0 Å². The Hall–Kier alpha value is -6.87. The minimum atomic E-state index is -1.22. The SMILES string of the molecule is [Co+3].[O-]c1ccccc1C=NCCN=Cc1ccccc1[O-].c1ccc([B-](c2ccccc2)(c2ccccc2)c2ccccc2)cc1.c1ccncc1.c1ccncc1. The second-order valence-corrected chi connectivity index (χ2v) is 12.7. The van der Waals surface area contributed by atoms with Gasteiger partial charge in [0.15, 0.2) is 0 Å². The first-order valence-corrected chi connectivity index (χ1v) is 18.8.